The summed E-state index contributed by atoms with van der Waals surface area (Å²) in [6.45, 7) is 2.16. The summed E-state index contributed by atoms with van der Waals surface area (Å²) < 4.78 is 4.92. The highest BCUT2D eigenvalue weighted by Crippen LogP contribution is 2.19. The second-order valence-electron chi connectivity index (χ2n) is 3.54. The van der Waals surface area contributed by atoms with Crippen LogP contribution in [0.4, 0.5) is 11.5 Å². The van der Waals surface area contributed by atoms with Crippen LogP contribution in [0.5, 0.6) is 0 Å². The zero-order chi connectivity index (χ0) is 13.0. The number of hydrogen-bond donors (Lipinski definition) is 1. The molecule has 18 heavy (non-hydrogen) atoms. The smallest absolute Gasteiger partial charge is 0.311 e. The lowest BCUT2D eigenvalue weighted by Crippen LogP contribution is -2.08. The van der Waals surface area contributed by atoms with Gasteiger partial charge in [-0.05, 0) is 13.0 Å². The number of aromatic nitrogens is 3. The topological polar surface area (TPSA) is 107 Å². The molecule has 0 bridgehead atoms. The molecule has 2 aromatic heterocycles. The van der Waals surface area contributed by atoms with Gasteiger partial charge >= 0.3 is 5.69 Å². The normalized spacial score (nSPS) is 10.3. The first-order chi connectivity index (χ1) is 8.66. The van der Waals surface area contributed by atoms with E-state index in [1.165, 1.54) is 18.3 Å². The lowest BCUT2D eigenvalue weighted by molar-refractivity contribution is -0.384. The summed E-state index contributed by atoms with van der Waals surface area (Å²) in [6.07, 6.45) is 1.97. The third-order valence-corrected chi connectivity index (χ3v) is 2.18. The van der Waals surface area contributed by atoms with Crippen molar-refractivity contribution in [2.24, 2.45) is 0 Å². The second kappa shape index (κ2) is 5.21. The molecule has 8 heteroatoms. The maximum atomic E-state index is 10.7. The zero-order valence-corrected chi connectivity index (χ0v) is 9.66. The average Bonchev–Trinajstić information content (AvgIpc) is 2.75. The van der Waals surface area contributed by atoms with E-state index in [0.717, 1.165) is 0 Å². The molecule has 0 radical (unpaired) electrons. The summed E-state index contributed by atoms with van der Waals surface area (Å²) in [5, 5.41) is 17.3. The third kappa shape index (κ3) is 2.78. The predicted octanol–water partition coefficient (Wildman–Crippen LogP) is 1.34. The molecule has 0 aliphatic rings. The Labute approximate surface area is 102 Å². The first-order valence-electron chi connectivity index (χ1n) is 5.29. The molecular formula is C10H11N5O3. The van der Waals surface area contributed by atoms with E-state index in [9.17, 15) is 10.1 Å². The van der Waals surface area contributed by atoms with Crippen LogP contribution in [0.2, 0.25) is 0 Å². The molecule has 2 aromatic rings. The Bertz CT molecular complexity index is 554. The molecule has 0 aliphatic heterocycles. The van der Waals surface area contributed by atoms with Crippen LogP contribution in [-0.4, -0.2) is 26.6 Å². The SMILES string of the molecule is Cc1noc(CCNc2ncccc2[N+](=O)[O-])n1. The van der Waals surface area contributed by atoms with Gasteiger partial charge in [-0.3, -0.25) is 10.1 Å². The molecule has 2 heterocycles. The number of rotatable bonds is 5. The van der Waals surface area contributed by atoms with E-state index in [1.807, 2.05) is 0 Å². The number of hydrogen-bond acceptors (Lipinski definition) is 7. The van der Waals surface area contributed by atoms with Gasteiger partial charge < -0.3 is 9.84 Å². The van der Waals surface area contributed by atoms with E-state index < -0.39 is 4.92 Å². The van der Waals surface area contributed by atoms with Gasteiger partial charge in [0.25, 0.3) is 0 Å². The molecule has 94 valence electrons. The minimum atomic E-state index is -0.480. The Morgan fingerprint density at radius 3 is 3.06 bits per heavy atom. The maximum Gasteiger partial charge on any atom is 0.311 e. The Morgan fingerprint density at radius 2 is 2.39 bits per heavy atom. The van der Waals surface area contributed by atoms with Crippen LogP contribution in [0.3, 0.4) is 0 Å². The van der Waals surface area contributed by atoms with Crippen molar-refractivity contribution in [1.82, 2.24) is 15.1 Å². The number of pyridine rings is 1. The highest BCUT2D eigenvalue weighted by Gasteiger charge is 2.13. The largest absolute Gasteiger partial charge is 0.364 e. The molecule has 0 aliphatic carbocycles. The van der Waals surface area contributed by atoms with Gasteiger partial charge in [0.1, 0.15) is 0 Å². The fourth-order valence-electron chi connectivity index (χ4n) is 1.41. The van der Waals surface area contributed by atoms with E-state index in [1.54, 1.807) is 6.92 Å². The summed E-state index contributed by atoms with van der Waals surface area (Å²) >= 11 is 0. The van der Waals surface area contributed by atoms with Crippen LogP contribution in [-0.2, 0) is 6.42 Å². The van der Waals surface area contributed by atoms with Crippen LogP contribution >= 0.6 is 0 Å². The van der Waals surface area contributed by atoms with Gasteiger partial charge in [0.15, 0.2) is 5.82 Å². The van der Waals surface area contributed by atoms with Crippen molar-refractivity contribution in [2.75, 3.05) is 11.9 Å². The van der Waals surface area contributed by atoms with Crippen LogP contribution in [0.15, 0.2) is 22.9 Å². The van der Waals surface area contributed by atoms with Gasteiger partial charge in [0.2, 0.25) is 11.7 Å². The molecule has 0 aromatic carbocycles. The molecular weight excluding hydrogens is 238 g/mol. The second-order valence-corrected chi connectivity index (χ2v) is 3.54. The van der Waals surface area contributed by atoms with Crippen LogP contribution < -0.4 is 5.32 Å². The molecule has 2 rings (SSSR count). The van der Waals surface area contributed by atoms with E-state index in [2.05, 4.69) is 20.4 Å². The Morgan fingerprint density at radius 1 is 1.56 bits per heavy atom. The van der Waals surface area contributed by atoms with Crippen molar-refractivity contribution < 1.29 is 9.45 Å². The molecule has 0 fully saturated rings. The number of nitrogens with zero attached hydrogens (tertiary/aromatic N) is 4. The standard InChI is InChI=1S/C10H11N5O3/c1-7-13-9(18-14-7)4-6-12-10-8(15(16)17)3-2-5-11-10/h2-3,5H,4,6H2,1H3,(H,11,12). The molecule has 0 spiro atoms. The van der Waals surface area contributed by atoms with Gasteiger partial charge in [-0.2, -0.15) is 4.98 Å². The monoisotopic (exact) mass is 249 g/mol. The lowest BCUT2D eigenvalue weighted by atomic mass is 10.3. The Kier molecular flexibility index (Phi) is 3.46. The van der Waals surface area contributed by atoms with Crippen molar-refractivity contribution in [1.29, 1.82) is 0 Å². The number of aryl methyl sites for hydroxylation is 1. The fourth-order valence-corrected chi connectivity index (χ4v) is 1.41. The number of nitrogens with one attached hydrogen (secondary N) is 1. The van der Waals surface area contributed by atoms with Gasteiger partial charge in [-0.25, -0.2) is 4.98 Å². The molecule has 1 N–H and O–H groups in total. The van der Waals surface area contributed by atoms with Gasteiger partial charge in [-0.15, -0.1) is 0 Å². The van der Waals surface area contributed by atoms with Gasteiger partial charge in [0, 0.05) is 25.2 Å². The fraction of sp³-hybridized carbons (Fsp3) is 0.300. The number of anilines is 1. The number of nitro groups is 1. The van der Waals surface area contributed by atoms with Crippen molar-refractivity contribution in [3.05, 3.63) is 40.2 Å². The highest BCUT2D eigenvalue weighted by molar-refractivity contribution is 5.54. The molecule has 0 saturated carbocycles. The lowest BCUT2D eigenvalue weighted by Gasteiger charge is -2.03. The summed E-state index contributed by atoms with van der Waals surface area (Å²) in [5.74, 6) is 1.28. The van der Waals surface area contributed by atoms with Crippen LogP contribution in [0.25, 0.3) is 0 Å². The highest BCUT2D eigenvalue weighted by atomic mass is 16.6. The minimum Gasteiger partial charge on any atom is -0.364 e. The molecule has 0 amide bonds. The Balaban J connectivity index is 1.96. The van der Waals surface area contributed by atoms with Crippen molar-refractivity contribution in [3.8, 4) is 0 Å². The summed E-state index contributed by atoms with van der Waals surface area (Å²) in [7, 11) is 0. The average molecular weight is 249 g/mol. The zero-order valence-electron chi connectivity index (χ0n) is 9.66. The van der Waals surface area contributed by atoms with Gasteiger partial charge in [0.05, 0.1) is 4.92 Å². The molecule has 8 nitrogen and oxygen atoms in total. The maximum absolute atomic E-state index is 10.7. The predicted molar refractivity (Wildman–Crippen MR) is 62.1 cm³/mol. The van der Waals surface area contributed by atoms with E-state index in [-0.39, 0.29) is 11.5 Å². The summed E-state index contributed by atoms with van der Waals surface area (Å²) in [6, 6.07) is 2.91. The molecule has 0 atom stereocenters. The van der Waals surface area contributed by atoms with E-state index in [0.29, 0.717) is 24.7 Å². The summed E-state index contributed by atoms with van der Waals surface area (Å²) in [4.78, 5) is 18.2. The van der Waals surface area contributed by atoms with Crippen LogP contribution in [0, 0.1) is 17.0 Å². The van der Waals surface area contributed by atoms with Crippen molar-refractivity contribution >= 4 is 11.5 Å². The quantitative estimate of drug-likeness (QED) is 0.629. The van der Waals surface area contributed by atoms with Crippen LogP contribution in [0.1, 0.15) is 11.7 Å². The summed E-state index contributed by atoms with van der Waals surface area (Å²) in [5.41, 5.74) is -0.0563. The van der Waals surface area contributed by atoms with E-state index >= 15 is 0 Å². The molecule has 0 unspecified atom stereocenters. The van der Waals surface area contributed by atoms with Crippen molar-refractivity contribution in [2.45, 2.75) is 13.3 Å². The first-order valence-corrected chi connectivity index (χ1v) is 5.29. The third-order valence-electron chi connectivity index (χ3n) is 2.18. The van der Waals surface area contributed by atoms with E-state index in [4.69, 9.17) is 4.52 Å². The first kappa shape index (κ1) is 12.0. The minimum absolute atomic E-state index is 0.0563. The van der Waals surface area contributed by atoms with Gasteiger partial charge in [-0.1, -0.05) is 5.16 Å². The Hall–Kier alpha value is -2.51. The molecule has 0 saturated heterocycles. The van der Waals surface area contributed by atoms with Crippen molar-refractivity contribution in [3.63, 3.8) is 0 Å².